The monoisotopic (exact) mass is 308 g/mol. The number of fused-ring (bicyclic) bond motifs is 1. The van der Waals surface area contributed by atoms with Gasteiger partial charge >= 0.3 is 11.8 Å². The molecule has 21 heavy (non-hydrogen) atoms. The summed E-state index contributed by atoms with van der Waals surface area (Å²) in [5.74, 6) is -1.29. The molecule has 1 aromatic rings. The Balaban J connectivity index is 2.35. The van der Waals surface area contributed by atoms with Gasteiger partial charge in [0.2, 0.25) is 5.91 Å². The maximum Gasteiger partial charge on any atom is 0.306 e. The molecule has 2 rings (SSSR count). The van der Waals surface area contributed by atoms with Crippen molar-refractivity contribution in [2.24, 2.45) is 5.92 Å². The minimum atomic E-state index is -1.74. The summed E-state index contributed by atoms with van der Waals surface area (Å²) in [6.45, 7) is 3.82. The van der Waals surface area contributed by atoms with Crippen LogP contribution in [0.4, 0.5) is 5.69 Å². The van der Waals surface area contributed by atoms with Crippen molar-refractivity contribution in [3.8, 4) is 0 Å². The fraction of sp³-hybridized carbons (Fsp3) is 0.357. The predicted octanol–water partition coefficient (Wildman–Crippen LogP) is 1.56. The first kappa shape index (κ1) is 15.5. The molecule has 0 fully saturated rings. The van der Waals surface area contributed by atoms with Crippen molar-refractivity contribution in [2.45, 2.75) is 20.3 Å². The Morgan fingerprint density at radius 1 is 1.33 bits per heavy atom. The first-order valence-electron chi connectivity index (χ1n) is 6.48. The summed E-state index contributed by atoms with van der Waals surface area (Å²) in [7, 11) is 0. The van der Waals surface area contributed by atoms with Gasteiger partial charge in [-0.25, -0.2) is 0 Å². The molecule has 3 amide bonds. The molecule has 1 N–H and O–H groups in total. The molecule has 0 saturated carbocycles. The van der Waals surface area contributed by atoms with E-state index in [2.05, 4.69) is 5.32 Å². The summed E-state index contributed by atoms with van der Waals surface area (Å²) in [5.41, 5.74) is 0.553. The standard InChI is InChI=1S/C14H16N2O4S/c1-8(2)7-11(17)15-10-6-4-5-9-12(10)14(19)16(13(9)18)21(3)20/h4-6,8H,7H2,1-3H3,(H,15,17). The quantitative estimate of drug-likeness (QED) is 0.675. The van der Waals surface area contributed by atoms with Crippen molar-refractivity contribution in [1.29, 1.82) is 0 Å². The molecule has 0 saturated heterocycles. The van der Waals surface area contributed by atoms with Gasteiger partial charge in [0.25, 0.3) is 0 Å². The molecule has 7 heteroatoms. The SMILES string of the molecule is CC(C)CC(=O)Nc1cccc2c1C(=O)N([S+](C)[O-])C2=O. The van der Waals surface area contributed by atoms with Gasteiger partial charge in [0.1, 0.15) is 6.26 Å². The summed E-state index contributed by atoms with van der Waals surface area (Å²) in [5, 5.41) is 2.65. The number of carbonyl (C=O) groups is 3. The fourth-order valence-electron chi connectivity index (χ4n) is 2.17. The molecule has 0 spiro atoms. The van der Waals surface area contributed by atoms with Crippen LogP contribution in [-0.4, -0.2) is 32.8 Å². The van der Waals surface area contributed by atoms with E-state index in [1.807, 2.05) is 13.8 Å². The van der Waals surface area contributed by atoms with Crippen molar-refractivity contribution >= 4 is 34.8 Å². The third kappa shape index (κ3) is 2.93. The number of amides is 3. The van der Waals surface area contributed by atoms with E-state index in [9.17, 15) is 18.9 Å². The Hall–Kier alpha value is -1.86. The van der Waals surface area contributed by atoms with Crippen LogP contribution in [0.1, 0.15) is 41.0 Å². The summed E-state index contributed by atoms with van der Waals surface area (Å²) in [6.07, 6.45) is 1.58. The van der Waals surface area contributed by atoms with E-state index in [0.717, 1.165) is 0 Å². The number of hydrogen-bond donors (Lipinski definition) is 1. The number of rotatable bonds is 4. The number of anilines is 1. The number of carbonyl (C=O) groups excluding carboxylic acids is 3. The molecule has 112 valence electrons. The van der Waals surface area contributed by atoms with E-state index >= 15 is 0 Å². The van der Waals surface area contributed by atoms with E-state index in [0.29, 0.717) is 10.7 Å². The maximum absolute atomic E-state index is 12.2. The second kappa shape index (κ2) is 5.87. The van der Waals surface area contributed by atoms with Gasteiger partial charge in [-0.3, -0.25) is 14.4 Å². The molecule has 6 nitrogen and oxygen atoms in total. The fourth-order valence-corrected chi connectivity index (χ4v) is 2.83. The van der Waals surface area contributed by atoms with Crippen LogP contribution < -0.4 is 5.32 Å². The molecule has 1 unspecified atom stereocenters. The third-order valence-electron chi connectivity index (χ3n) is 3.00. The predicted molar refractivity (Wildman–Crippen MR) is 79.1 cm³/mol. The van der Waals surface area contributed by atoms with Gasteiger partial charge in [-0.15, -0.1) is 0 Å². The van der Waals surface area contributed by atoms with Crippen molar-refractivity contribution in [2.75, 3.05) is 11.6 Å². The van der Waals surface area contributed by atoms with Crippen LogP contribution in [0.3, 0.4) is 0 Å². The molecule has 1 aromatic carbocycles. The zero-order valence-corrected chi connectivity index (χ0v) is 12.8. The highest BCUT2D eigenvalue weighted by Gasteiger charge is 2.43. The molecule has 1 heterocycles. The van der Waals surface area contributed by atoms with Crippen LogP contribution >= 0.6 is 0 Å². The highest BCUT2D eigenvalue weighted by Crippen LogP contribution is 2.31. The lowest BCUT2D eigenvalue weighted by molar-refractivity contribution is -0.116. The molecular weight excluding hydrogens is 292 g/mol. The molecule has 0 aromatic heterocycles. The van der Waals surface area contributed by atoms with Crippen molar-refractivity contribution in [3.05, 3.63) is 29.3 Å². The zero-order valence-electron chi connectivity index (χ0n) is 12.0. The highest BCUT2D eigenvalue weighted by molar-refractivity contribution is 7.89. The number of hydrogen-bond acceptors (Lipinski definition) is 4. The second-order valence-electron chi connectivity index (χ2n) is 5.20. The van der Waals surface area contributed by atoms with Gasteiger partial charge < -0.3 is 9.87 Å². The van der Waals surface area contributed by atoms with Crippen LogP contribution in [-0.2, 0) is 16.2 Å². The van der Waals surface area contributed by atoms with Crippen molar-refractivity contribution in [3.63, 3.8) is 0 Å². The van der Waals surface area contributed by atoms with Crippen LogP contribution in [0.15, 0.2) is 18.2 Å². The Morgan fingerprint density at radius 3 is 2.57 bits per heavy atom. The maximum atomic E-state index is 12.2. The summed E-state index contributed by atoms with van der Waals surface area (Å²) >= 11 is -1.74. The lowest BCUT2D eigenvalue weighted by atomic mass is 10.1. The van der Waals surface area contributed by atoms with Gasteiger partial charge in [-0.2, -0.15) is 0 Å². The van der Waals surface area contributed by atoms with E-state index in [4.69, 9.17) is 0 Å². The summed E-state index contributed by atoms with van der Waals surface area (Å²) in [4.78, 5) is 36.1. The Bertz CT molecular complexity index is 613. The minimum Gasteiger partial charge on any atom is -0.593 e. The minimum absolute atomic E-state index is 0.106. The van der Waals surface area contributed by atoms with Crippen LogP contribution in [0, 0.1) is 5.92 Å². The number of nitrogens with zero attached hydrogens (tertiary/aromatic N) is 1. The van der Waals surface area contributed by atoms with E-state index in [1.165, 1.54) is 12.3 Å². The highest BCUT2D eigenvalue weighted by atomic mass is 32.2. The lowest BCUT2D eigenvalue weighted by Crippen LogP contribution is -2.35. The molecule has 1 aliphatic rings. The smallest absolute Gasteiger partial charge is 0.306 e. The first-order valence-corrected chi connectivity index (χ1v) is 7.99. The number of imide groups is 1. The van der Waals surface area contributed by atoms with E-state index < -0.39 is 23.2 Å². The first-order chi connectivity index (χ1) is 9.82. The van der Waals surface area contributed by atoms with Gasteiger partial charge in [0.05, 0.1) is 28.2 Å². The average molecular weight is 308 g/mol. The molecular formula is C14H16N2O4S. The van der Waals surface area contributed by atoms with Crippen LogP contribution in [0.5, 0.6) is 0 Å². The summed E-state index contributed by atoms with van der Waals surface area (Å²) < 4.78 is 12.2. The van der Waals surface area contributed by atoms with Gasteiger partial charge in [0.15, 0.2) is 0 Å². The normalized spacial score (nSPS) is 15.4. The topological polar surface area (TPSA) is 89.5 Å². The second-order valence-corrected chi connectivity index (χ2v) is 6.42. The summed E-state index contributed by atoms with van der Waals surface area (Å²) in [6, 6.07) is 4.63. The Labute approximate surface area is 125 Å². The van der Waals surface area contributed by atoms with Gasteiger partial charge in [-0.05, 0) is 18.1 Å². The molecule has 0 radical (unpaired) electrons. The zero-order chi connectivity index (χ0) is 15.7. The molecule has 0 aliphatic carbocycles. The van der Waals surface area contributed by atoms with E-state index in [1.54, 1.807) is 12.1 Å². The van der Waals surface area contributed by atoms with Crippen LogP contribution in [0.25, 0.3) is 0 Å². The Kier molecular flexibility index (Phi) is 4.34. The Morgan fingerprint density at radius 2 is 2.00 bits per heavy atom. The van der Waals surface area contributed by atoms with Gasteiger partial charge in [-0.1, -0.05) is 24.2 Å². The van der Waals surface area contributed by atoms with Gasteiger partial charge in [0, 0.05) is 6.42 Å². The third-order valence-corrected chi connectivity index (χ3v) is 3.85. The largest absolute Gasteiger partial charge is 0.593 e. The van der Waals surface area contributed by atoms with Crippen molar-refractivity contribution < 1.29 is 18.9 Å². The van der Waals surface area contributed by atoms with E-state index in [-0.39, 0.29) is 28.6 Å². The lowest BCUT2D eigenvalue weighted by Gasteiger charge is -2.13. The molecule has 1 atom stereocenters. The van der Waals surface area contributed by atoms with Crippen LogP contribution in [0.2, 0.25) is 0 Å². The average Bonchev–Trinajstić information content (AvgIpc) is 2.61. The van der Waals surface area contributed by atoms with Crippen molar-refractivity contribution in [1.82, 2.24) is 4.31 Å². The molecule has 0 bridgehead atoms. The molecule has 1 aliphatic heterocycles. The number of nitrogens with one attached hydrogen (secondary N) is 1. The number of benzene rings is 1.